The molecule has 0 unspecified atom stereocenters. The predicted molar refractivity (Wildman–Crippen MR) is 80.5 cm³/mol. The first-order valence-electron chi connectivity index (χ1n) is 6.31. The molecular weight excluding hydrogens is 256 g/mol. The molecule has 1 amide bonds. The number of amides is 1. The summed E-state index contributed by atoms with van der Waals surface area (Å²) in [7, 11) is 0. The first-order chi connectivity index (χ1) is 9.11. The maximum atomic E-state index is 12.1. The molecular formula is C15H18N2OS. The summed E-state index contributed by atoms with van der Waals surface area (Å²) >= 11 is 1.68. The van der Waals surface area contributed by atoms with E-state index in [4.69, 9.17) is 5.73 Å². The Kier molecular flexibility index (Phi) is 4.22. The fraction of sp³-hybridized carbons (Fsp3) is 0.267. The summed E-state index contributed by atoms with van der Waals surface area (Å²) in [6, 6.07) is 7.46. The van der Waals surface area contributed by atoms with Gasteiger partial charge in [-0.3, -0.25) is 4.79 Å². The van der Waals surface area contributed by atoms with Crippen LogP contribution in [-0.4, -0.2) is 5.91 Å². The standard InChI is InChI=1S/C15H18N2OS/c1-3-11-6-7-19-14(11)9-17-15(18)13-5-4-12(16)8-10(13)2/h4-8H,3,9,16H2,1-2H3,(H,17,18). The number of rotatable bonds is 4. The van der Waals surface area contributed by atoms with Gasteiger partial charge in [-0.05, 0) is 54.1 Å². The molecule has 4 heteroatoms. The number of nitrogens with one attached hydrogen (secondary N) is 1. The molecule has 2 aromatic rings. The van der Waals surface area contributed by atoms with Crippen molar-refractivity contribution in [1.29, 1.82) is 0 Å². The Morgan fingerprint density at radius 3 is 2.84 bits per heavy atom. The number of nitrogen functional groups attached to an aromatic ring is 1. The third kappa shape index (κ3) is 3.15. The third-order valence-corrected chi connectivity index (χ3v) is 4.09. The Hall–Kier alpha value is -1.81. The Balaban J connectivity index is 2.05. The van der Waals surface area contributed by atoms with Gasteiger partial charge in [0, 0.05) is 16.1 Å². The van der Waals surface area contributed by atoms with E-state index in [1.807, 2.05) is 13.0 Å². The van der Waals surface area contributed by atoms with Gasteiger partial charge in [0.05, 0.1) is 6.54 Å². The van der Waals surface area contributed by atoms with Gasteiger partial charge < -0.3 is 11.1 Å². The first kappa shape index (κ1) is 13.6. The van der Waals surface area contributed by atoms with Crippen LogP contribution >= 0.6 is 11.3 Å². The summed E-state index contributed by atoms with van der Waals surface area (Å²) in [5, 5.41) is 5.03. The molecule has 1 aromatic carbocycles. The van der Waals surface area contributed by atoms with Crippen molar-refractivity contribution in [2.24, 2.45) is 0 Å². The number of hydrogen-bond donors (Lipinski definition) is 2. The highest BCUT2D eigenvalue weighted by atomic mass is 32.1. The molecule has 0 aliphatic rings. The molecule has 3 N–H and O–H groups in total. The number of nitrogens with two attached hydrogens (primary N) is 1. The topological polar surface area (TPSA) is 55.1 Å². The molecule has 0 saturated carbocycles. The summed E-state index contributed by atoms with van der Waals surface area (Å²) in [6.45, 7) is 4.61. The summed E-state index contributed by atoms with van der Waals surface area (Å²) in [6.07, 6.45) is 0.996. The minimum absolute atomic E-state index is 0.0482. The monoisotopic (exact) mass is 274 g/mol. The van der Waals surface area contributed by atoms with E-state index in [2.05, 4.69) is 23.7 Å². The van der Waals surface area contributed by atoms with Crippen LogP contribution < -0.4 is 11.1 Å². The van der Waals surface area contributed by atoms with Crippen LogP contribution in [0, 0.1) is 6.92 Å². The summed E-state index contributed by atoms with van der Waals surface area (Å²) in [5.74, 6) is -0.0482. The van der Waals surface area contributed by atoms with Gasteiger partial charge in [-0.25, -0.2) is 0 Å². The van der Waals surface area contributed by atoms with Crippen LogP contribution in [0.1, 0.15) is 33.3 Å². The summed E-state index contributed by atoms with van der Waals surface area (Å²) in [4.78, 5) is 13.4. The van der Waals surface area contributed by atoms with E-state index in [1.54, 1.807) is 23.5 Å². The number of thiophene rings is 1. The fourth-order valence-corrected chi connectivity index (χ4v) is 2.95. The Bertz CT molecular complexity index is 590. The predicted octanol–water partition coefficient (Wildman–Crippen LogP) is 3.13. The zero-order chi connectivity index (χ0) is 13.8. The summed E-state index contributed by atoms with van der Waals surface area (Å²) in [5.41, 5.74) is 9.26. The molecule has 2 rings (SSSR count). The van der Waals surface area contributed by atoms with E-state index in [1.165, 1.54) is 10.4 Å². The van der Waals surface area contributed by atoms with E-state index in [0.717, 1.165) is 12.0 Å². The Morgan fingerprint density at radius 2 is 2.16 bits per heavy atom. The third-order valence-electron chi connectivity index (χ3n) is 3.12. The number of aryl methyl sites for hydroxylation is 2. The van der Waals surface area contributed by atoms with Crippen molar-refractivity contribution in [2.45, 2.75) is 26.8 Å². The minimum Gasteiger partial charge on any atom is -0.399 e. The molecule has 0 bridgehead atoms. The van der Waals surface area contributed by atoms with Crippen molar-refractivity contribution in [3.63, 3.8) is 0 Å². The van der Waals surface area contributed by atoms with Gasteiger partial charge in [0.2, 0.25) is 0 Å². The van der Waals surface area contributed by atoms with Gasteiger partial charge >= 0.3 is 0 Å². The Labute approximate surface area is 117 Å². The van der Waals surface area contributed by atoms with Crippen molar-refractivity contribution in [3.05, 3.63) is 51.2 Å². The lowest BCUT2D eigenvalue weighted by atomic mass is 10.1. The average molecular weight is 274 g/mol. The number of carbonyl (C=O) groups is 1. The second-order valence-corrected chi connectivity index (χ2v) is 5.48. The number of carbonyl (C=O) groups excluding carboxylic acids is 1. The maximum absolute atomic E-state index is 12.1. The Morgan fingerprint density at radius 1 is 1.37 bits per heavy atom. The van der Waals surface area contributed by atoms with E-state index < -0.39 is 0 Å². The lowest BCUT2D eigenvalue weighted by molar-refractivity contribution is 0.0950. The highest BCUT2D eigenvalue weighted by Gasteiger charge is 2.10. The molecule has 3 nitrogen and oxygen atoms in total. The average Bonchev–Trinajstić information content (AvgIpc) is 2.83. The second kappa shape index (κ2) is 5.89. The van der Waals surface area contributed by atoms with Crippen LogP contribution in [0.2, 0.25) is 0 Å². The van der Waals surface area contributed by atoms with E-state index in [0.29, 0.717) is 17.8 Å². The SMILES string of the molecule is CCc1ccsc1CNC(=O)c1ccc(N)cc1C. The molecule has 0 radical (unpaired) electrons. The molecule has 0 spiro atoms. The van der Waals surface area contributed by atoms with Crippen LogP contribution in [0.25, 0.3) is 0 Å². The number of benzene rings is 1. The van der Waals surface area contributed by atoms with E-state index in [-0.39, 0.29) is 5.91 Å². The largest absolute Gasteiger partial charge is 0.399 e. The van der Waals surface area contributed by atoms with Crippen molar-refractivity contribution in [2.75, 3.05) is 5.73 Å². The number of anilines is 1. The molecule has 0 aliphatic heterocycles. The molecule has 19 heavy (non-hydrogen) atoms. The molecule has 0 aliphatic carbocycles. The van der Waals surface area contributed by atoms with Gasteiger partial charge in [0.25, 0.3) is 5.91 Å². The van der Waals surface area contributed by atoms with E-state index >= 15 is 0 Å². The molecule has 0 fully saturated rings. The van der Waals surface area contributed by atoms with Gasteiger partial charge in [-0.15, -0.1) is 11.3 Å². The van der Waals surface area contributed by atoms with Crippen LogP contribution in [0.4, 0.5) is 5.69 Å². The summed E-state index contributed by atoms with van der Waals surface area (Å²) < 4.78 is 0. The van der Waals surface area contributed by atoms with Gasteiger partial charge in [-0.1, -0.05) is 6.92 Å². The quantitative estimate of drug-likeness (QED) is 0.842. The lowest BCUT2D eigenvalue weighted by Crippen LogP contribution is -2.23. The highest BCUT2D eigenvalue weighted by Crippen LogP contribution is 2.18. The van der Waals surface area contributed by atoms with Crippen LogP contribution in [0.5, 0.6) is 0 Å². The number of hydrogen-bond acceptors (Lipinski definition) is 3. The van der Waals surface area contributed by atoms with Gasteiger partial charge in [0.1, 0.15) is 0 Å². The molecule has 1 aromatic heterocycles. The molecule has 1 heterocycles. The fourth-order valence-electron chi connectivity index (χ4n) is 2.03. The van der Waals surface area contributed by atoms with E-state index in [9.17, 15) is 4.79 Å². The molecule has 0 atom stereocenters. The molecule has 100 valence electrons. The van der Waals surface area contributed by atoms with Crippen LogP contribution in [0.3, 0.4) is 0 Å². The molecule has 0 saturated heterocycles. The zero-order valence-electron chi connectivity index (χ0n) is 11.2. The van der Waals surface area contributed by atoms with Crippen LogP contribution in [0.15, 0.2) is 29.6 Å². The van der Waals surface area contributed by atoms with Crippen molar-refractivity contribution in [3.8, 4) is 0 Å². The second-order valence-electron chi connectivity index (χ2n) is 4.48. The lowest BCUT2D eigenvalue weighted by Gasteiger charge is -2.08. The minimum atomic E-state index is -0.0482. The normalized spacial score (nSPS) is 10.4. The van der Waals surface area contributed by atoms with Crippen molar-refractivity contribution >= 4 is 22.9 Å². The van der Waals surface area contributed by atoms with Crippen molar-refractivity contribution in [1.82, 2.24) is 5.32 Å². The van der Waals surface area contributed by atoms with Gasteiger partial charge in [0.15, 0.2) is 0 Å². The maximum Gasteiger partial charge on any atom is 0.251 e. The van der Waals surface area contributed by atoms with Crippen LogP contribution in [-0.2, 0) is 13.0 Å². The van der Waals surface area contributed by atoms with Gasteiger partial charge in [-0.2, -0.15) is 0 Å². The smallest absolute Gasteiger partial charge is 0.251 e. The van der Waals surface area contributed by atoms with Crippen molar-refractivity contribution < 1.29 is 4.79 Å². The highest BCUT2D eigenvalue weighted by molar-refractivity contribution is 7.10. The zero-order valence-corrected chi connectivity index (χ0v) is 12.0. The first-order valence-corrected chi connectivity index (χ1v) is 7.19.